The largest absolute Gasteiger partial charge is 0.497 e. The van der Waals surface area contributed by atoms with Crippen LogP contribution in [0.4, 0.5) is 0 Å². The van der Waals surface area contributed by atoms with Crippen molar-refractivity contribution in [3.05, 3.63) is 84.4 Å². The number of para-hydroxylation sites is 2. The maximum Gasteiger partial charge on any atom is 0.176 e. The van der Waals surface area contributed by atoms with Gasteiger partial charge in [0.05, 0.1) is 12.6 Å². The topological polar surface area (TPSA) is 36.3 Å². The van der Waals surface area contributed by atoms with Crippen molar-refractivity contribution in [3.8, 4) is 17.1 Å². The van der Waals surface area contributed by atoms with E-state index in [2.05, 4.69) is 0 Å². The van der Waals surface area contributed by atoms with E-state index in [0.717, 1.165) is 33.7 Å². The number of methoxy groups -OCH3 is 1. The molecule has 0 unspecified atom stereocenters. The number of rotatable bonds is 5. The number of benzene rings is 3. The number of fused-ring (bicyclic) bond motifs is 1. The van der Waals surface area contributed by atoms with Crippen molar-refractivity contribution >= 4 is 11.0 Å². The summed E-state index contributed by atoms with van der Waals surface area (Å²) in [6, 6.07) is 25.9. The highest BCUT2D eigenvalue weighted by Crippen LogP contribution is 2.24. The van der Waals surface area contributed by atoms with Crippen LogP contribution in [0.3, 0.4) is 0 Å². The lowest BCUT2D eigenvalue weighted by Gasteiger charge is -2.11. The van der Waals surface area contributed by atoms with Crippen LogP contribution < -0.4 is 9.57 Å². The molecule has 3 aromatic carbocycles. The van der Waals surface area contributed by atoms with E-state index in [1.807, 2.05) is 83.6 Å². The van der Waals surface area contributed by atoms with Crippen LogP contribution >= 0.6 is 0 Å². The fourth-order valence-corrected chi connectivity index (χ4v) is 2.76. The molecule has 4 heteroatoms. The van der Waals surface area contributed by atoms with Gasteiger partial charge in [0.1, 0.15) is 17.9 Å². The molecule has 4 nitrogen and oxygen atoms in total. The molecule has 0 saturated heterocycles. The van der Waals surface area contributed by atoms with Gasteiger partial charge in [-0.25, -0.2) is 4.98 Å². The van der Waals surface area contributed by atoms with Crippen molar-refractivity contribution in [3.63, 3.8) is 0 Å². The summed E-state index contributed by atoms with van der Waals surface area (Å²) in [4.78, 5) is 10.9. The highest BCUT2D eigenvalue weighted by atomic mass is 16.7. The maximum absolute atomic E-state index is 6.12. The third-order valence-corrected chi connectivity index (χ3v) is 4.07. The van der Waals surface area contributed by atoms with Crippen LogP contribution in [0.15, 0.2) is 78.9 Å². The van der Waals surface area contributed by atoms with Gasteiger partial charge in [-0.1, -0.05) is 54.6 Å². The van der Waals surface area contributed by atoms with Crippen molar-refractivity contribution in [2.45, 2.75) is 6.61 Å². The second kappa shape index (κ2) is 6.69. The molecule has 0 aliphatic rings. The molecule has 0 bridgehead atoms. The van der Waals surface area contributed by atoms with Crippen molar-refractivity contribution < 1.29 is 9.57 Å². The first-order chi connectivity index (χ1) is 12.3. The Balaban J connectivity index is 1.69. The molecule has 0 amide bonds. The van der Waals surface area contributed by atoms with Crippen LogP contribution in [0.1, 0.15) is 5.56 Å². The number of nitrogens with zero attached hydrogens (tertiary/aromatic N) is 2. The van der Waals surface area contributed by atoms with E-state index in [1.165, 1.54) is 0 Å². The molecule has 4 aromatic rings. The average Bonchev–Trinajstić information content (AvgIpc) is 3.06. The van der Waals surface area contributed by atoms with Gasteiger partial charge in [-0.15, -0.1) is 0 Å². The summed E-state index contributed by atoms with van der Waals surface area (Å²) in [5, 5.41) is 0. The second-order valence-electron chi connectivity index (χ2n) is 5.71. The number of hydrogen-bond acceptors (Lipinski definition) is 3. The minimum Gasteiger partial charge on any atom is -0.497 e. The summed E-state index contributed by atoms with van der Waals surface area (Å²) in [6.45, 7) is 0.449. The number of ether oxygens (including phenoxy) is 1. The first-order valence-corrected chi connectivity index (χ1v) is 8.14. The van der Waals surface area contributed by atoms with E-state index in [4.69, 9.17) is 14.6 Å². The standard InChI is InChI=1S/C21H18N2O2/c1-24-18-13-11-16(12-14-18)15-25-23-20-10-6-5-9-19(20)22-21(23)17-7-3-2-4-8-17/h2-14H,15H2,1H3. The van der Waals surface area contributed by atoms with Crippen molar-refractivity contribution in [1.82, 2.24) is 9.71 Å². The predicted octanol–water partition coefficient (Wildman–Crippen LogP) is 4.34. The monoisotopic (exact) mass is 330 g/mol. The Morgan fingerprint density at radius 1 is 0.840 bits per heavy atom. The fraction of sp³-hybridized carbons (Fsp3) is 0.0952. The molecule has 0 aliphatic carbocycles. The van der Waals surface area contributed by atoms with Crippen LogP contribution in [0.2, 0.25) is 0 Å². The molecular weight excluding hydrogens is 312 g/mol. The highest BCUT2D eigenvalue weighted by Gasteiger charge is 2.13. The number of imidazole rings is 1. The summed E-state index contributed by atoms with van der Waals surface area (Å²) < 4.78 is 7.01. The van der Waals surface area contributed by atoms with Gasteiger partial charge in [0.2, 0.25) is 0 Å². The molecule has 4 rings (SSSR count). The van der Waals surface area contributed by atoms with E-state index in [0.29, 0.717) is 6.61 Å². The molecule has 0 N–H and O–H groups in total. The Bertz CT molecular complexity index is 976. The Kier molecular flexibility index (Phi) is 4.09. The van der Waals surface area contributed by atoms with Crippen molar-refractivity contribution in [1.29, 1.82) is 0 Å². The third-order valence-electron chi connectivity index (χ3n) is 4.07. The maximum atomic E-state index is 6.12. The van der Waals surface area contributed by atoms with Crippen molar-refractivity contribution in [2.75, 3.05) is 7.11 Å². The zero-order valence-electron chi connectivity index (χ0n) is 13.9. The molecule has 124 valence electrons. The van der Waals surface area contributed by atoms with E-state index in [-0.39, 0.29) is 0 Å². The van der Waals surface area contributed by atoms with Crippen LogP contribution in [0.5, 0.6) is 5.75 Å². The summed E-state index contributed by atoms with van der Waals surface area (Å²) in [5.41, 5.74) is 3.96. The Hall–Kier alpha value is -3.27. The summed E-state index contributed by atoms with van der Waals surface area (Å²) >= 11 is 0. The highest BCUT2D eigenvalue weighted by molar-refractivity contribution is 5.80. The van der Waals surface area contributed by atoms with Crippen LogP contribution in [0.25, 0.3) is 22.4 Å². The fourth-order valence-electron chi connectivity index (χ4n) is 2.76. The van der Waals surface area contributed by atoms with Gasteiger partial charge < -0.3 is 9.57 Å². The van der Waals surface area contributed by atoms with Gasteiger partial charge in [-0.2, -0.15) is 4.73 Å². The van der Waals surface area contributed by atoms with E-state index in [1.54, 1.807) is 7.11 Å². The Labute approximate surface area is 146 Å². The normalized spacial score (nSPS) is 10.8. The molecule has 0 aliphatic heterocycles. The van der Waals surface area contributed by atoms with Crippen LogP contribution in [-0.2, 0) is 6.61 Å². The zero-order valence-corrected chi connectivity index (χ0v) is 13.9. The molecule has 0 fully saturated rings. The zero-order chi connectivity index (χ0) is 17.1. The molecule has 0 spiro atoms. The summed E-state index contributed by atoms with van der Waals surface area (Å²) in [7, 11) is 1.66. The molecule has 25 heavy (non-hydrogen) atoms. The van der Waals surface area contributed by atoms with E-state index < -0.39 is 0 Å². The second-order valence-corrected chi connectivity index (χ2v) is 5.71. The molecule has 1 heterocycles. The SMILES string of the molecule is COc1ccc(COn2c(-c3ccccc3)nc3ccccc32)cc1. The molecule has 0 saturated carbocycles. The minimum absolute atomic E-state index is 0.449. The predicted molar refractivity (Wildman–Crippen MR) is 98.4 cm³/mol. The Morgan fingerprint density at radius 3 is 2.32 bits per heavy atom. The number of hydrogen-bond donors (Lipinski definition) is 0. The van der Waals surface area contributed by atoms with Gasteiger partial charge in [0.25, 0.3) is 0 Å². The summed E-state index contributed by atoms with van der Waals surface area (Å²) in [5.74, 6) is 1.64. The first kappa shape index (κ1) is 15.3. The van der Waals surface area contributed by atoms with Crippen LogP contribution in [-0.4, -0.2) is 16.8 Å². The van der Waals surface area contributed by atoms with Gasteiger partial charge >= 0.3 is 0 Å². The van der Waals surface area contributed by atoms with Gasteiger partial charge in [0, 0.05) is 5.56 Å². The quantitative estimate of drug-likeness (QED) is 0.546. The lowest BCUT2D eigenvalue weighted by Crippen LogP contribution is -2.12. The summed E-state index contributed by atoms with van der Waals surface area (Å²) in [6.07, 6.45) is 0. The molecule has 0 atom stereocenters. The molecular formula is C21H18N2O2. The minimum atomic E-state index is 0.449. The van der Waals surface area contributed by atoms with Gasteiger partial charge in [-0.3, -0.25) is 0 Å². The van der Waals surface area contributed by atoms with Gasteiger partial charge in [-0.05, 0) is 29.8 Å². The molecule has 1 aromatic heterocycles. The Morgan fingerprint density at radius 2 is 1.56 bits per heavy atom. The lowest BCUT2D eigenvalue weighted by molar-refractivity contribution is 0.110. The van der Waals surface area contributed by atoms with E-state index in [9.17, 15) is 0 Å². The van der Waals surface area contributed by atoms with Crippen molar-refractivity contribution in [2.24, 2.45) is 0 Å². The average molecular weight is 330 g/mol. The smallest absolute Gasteiger partial charge is 0.176 e. The number of aromatic nitrogens is 2. The lowest BCUT2D eigenvalue weighted by atomic mass is 10.2. The third kappa shape index (κ3) is 3.06. The van der Waals surface area contributed by atoms with Crippen LogP contribution in [0, 0.1) is 0 Å². The first-order valence-electron chi connectivity index (χ1n) is 8.14. The molecule has 0 radical (unpaired) electrons. The van der Waals surface area contributed by atoms with E-state index >= 15 is 0 Å². The van der Waals surface area contributed by atoms with Gasteiger partial charge in [0.15, 0.2) is 5.82 Å².